The van der Waals surface area contributed by atoms with Gasteiger partial charge in [0.05, 0.1) is 11.5 Å². The van der Waals surface area contributed by atoms with Crippen LogP contribution in [0.2, 0.25) is 0 Å². The van der Waals surface area contributed by atoms with Crippen molar-refractivity contribution in [2.24, 2.45) is 0 Å². The normalized spacial score (nSPS) is 11.5. The molecule has 0 aromatic heterocycles. The van der Waals surface area contributed by atoms with Crippen molar-refractivity contribution in [2.75, 3.05) is 6.61 Å². The zero-order valence-electron chi connectivity index (χ0n) is 12.4. The number of benzene rings is 1. The summed E-state index contributed by atoms with van der Waals surface area (Å²) in [5, 5.41) is 10.5. The lowest BCUT2D eigenvalue weighted by molar-refractivity contribution is -0.384. The smallest absolute Gasteiger partial charge is 0.400 e. The molecule has 1 rings (SSSR count). The molecule has 0 bridgehead atoms. The third kappa shape index (κ3) is 6.36. The monoisotopic (exact) mass is 309 g/mol. The molecule has 0 aliphatic carbocycles. The maximum atomic E-state index is 11.6. The van der Waals surface area contributed by atoms with Gasteiger partial charge in [0.1, 0.15) is 5.75 Å². The van der Waals surface area contributed by atoms with Crippen LogP contribution >= 0.6 is 0 Å². The van der Waals surface area contributed by atoms with Crippen LogP contribution in [0.4, 0.5) is 10.5 Å². The van der Waals surface area contributed by atoms with Gasteiger partial charge in [-0.2, -0.15) is 0 Å². The predicted octanol–water partition coefficient (Wildman–Crippen LogP) is 3.83. The summed E-state index contributed by atoms with van der Waals surface area (Å²) in [6.07, 6.45) is 2.45. The highest BCUT2D eigenvalue weighted by molar-refractivity contribution is 5.64. The van der Waals surface area contributed by atoms with Crippen LogP contribution in [0.1, 0.15) is 26.2 Å². The van der Waals surface area contributed by atoms with Crippen molar-refractivity contribution in [3.8, 4) is 5.75 Å². The lowest BCUT2D eigenvalue weighted by Crippen LogP contribution is -2.22. The largest absolute Gasteiger partial charge is 0.516 e. The Kier molecular flexibility index (Phi) is 7.63. The number of unbranched alkanes of at least 4 members (excludes halogenated alkanes) is 2. The standard InChI is InChI=1S/C15H19NO6/c1-3-5-6-11-20-14(4-2)22-15(17)21-13-9-7-12(8-10-13)16(18)19/h4,7-10,14H,2-3,5-6,11H2,1H3. The summed E-state index contributed by atoms with van der Waals surface area (Å²) < 4.78 is 15.1. The van der Waals surface area contributed by atoms with Crippen LogP contribution in [-0.4, -0.2) is 24.0 Å². The number of nitrogens with zero attached hydrogens (tertiary/aromatic N) is 1. The first kappa shape index (κ1) is 17.6. The summed E-state index contributed by atoms with van der Waals surface area (Å²) in [7, 11) is 0. The fourth-order valence-corrected chi connectivity index (χ4v) is 1.55. The molecule has 0 aliphatic rings. The average molecular weight is 309 g/mol. The van der Waals surface area contributed by atoms with E-state index >= 15 is 0 Å². The molecule has 0 aliphatic heterocycles. The second kappa shape index (κ2) is 9.51. The molecule has 1 unspecified atom stereocenters. The maximum Gasteiger partial charge on any atom is 0.516 e. The highest BCUT2D eigenvalue weighted by Crippen LogP contribution is 2.18. The van der Waals surface area contributed by atoms with E-state index in [-0.39, 0.29) is 11.4 Å². The van der Waals surface area contributed by atoms with Gasteiger partial charge in [0.25, 0.3) is 5.69 Å². The van der Waals surface area contributed by atoms with Crippen molar-refractivity contribution in [3.05, 3.63) is 47.0 Å². The van der Waals surface area contributed by atoms with E-state index in [2.05, 4.69) is 13.5 Å². The fourth-order valence-electron chi connectivity index (χ4n) is 1.55. The number of nitro groups is 1. The van der Waals surface area contributed by atoms with Crippen LogP contribution < -0.4 is 4.74 Å². The lowest BCUT2D eigenvalue weighted by atomic mass is 10.3. The number of carbonyl (C=O) groups is 1. The van der Waals surface area contributed by atoms with Gasteiger partial charge in [-0.05, 0) is 24.6 Å². The molecular formula is C15H19NO6. The van der Waals surface area contributed by atoms with Gasteiger partial charge in [-0.15, -0.1) is 0 Å². The van der Waals surface area contributed by atoms with Crippen LogP contribution in [0.15, 0.2) is 36.9 Å². The molecule has 120 valence electrons. The van der Waals surface area contributed by atoms with Gasteiger partial charge in [0.2, 0.25) is 6.29 Å². The summed E-state index contributed by atoms with van der Waals surface area (Å²) in [5.74, 6) is 0.143. The van der Waals surface area contributed by atoms with E-state index in [1.165, 1.54) is 30.3 Å². The van der Waals surface area contributed by atoms with Crippen molar-refractivity contribution in [1.29, 1.82) is 0 Å². The van der Waals surface area contributed by atoms with Crippen molar-refractivity contribution >= 4 is 11.8 Å². The van der Waals surface area contributed by atoms with E-state index in [0.717, 1.165) is 19.3 Å². The highest BCUT2D eigenvalue weighted by Gasteiger charge is 2.14. The number of carbonyl (C=O) groups excluding carboxylic acids is 1. The fraction of sp³-hybridized carbons (Fsp3) is 0.400. The Hall–Kier alpha value is -2.41. The minimum absolute atomic E-state index is 0.0936. The summed E-state index contributed by atoms with van der Waals surface area (Å²) in [6.45, 7) is 6.04. The van der Waals surface area contributed by atoms with Crippen molar-refractivity contribution in [3.63, 3.8) is 0 Å². The minimum Gasteiger partial charge on any atom is -0.400 e. The molecule has 0 amide bonds. The average Bonchev–Trinajstić information content (AvgIpc) is 2.50. The zero-order valence-corrected chi connectivity index (χ0v) is 12.4. The molecule has 0 spiro atoms. The quantitative estimate of drug-likeness (QED) is 0.131. The van der Waals surface area contributed by atoms with Gasteiger partial charge in [-0.3, -0.25) is 10.1 Å². The summed E-state index contributed by atoms with van der Waals surface area (Å²) >= 11 is 0. The second-order valence-electron chi connectivity index (χ2n) is 4.40. The molecule has 0 N–H and O–H groups in total. The summed E-state index contributed by atoms with van der Waals surface area (Å²) in [5.41, 5.74) is -0.0936. The predicted molar refractivity (Wildman–Crippen MR) is 79.7 cm³/mol. The maximum absolute atomic E-state index is 11.6. The highest BCUT2D eigenvalue weighted by atomic mass is 16.8. The molecule has 7 nitrogen and oxygen atoms in total. The van der Waals surface area contributed by atoms with E-state index < -0.39 is 17.4 Å². The molecule has 22 heavy (non-hydrogen) atoms. The van der Waals surface area contributed by atoms with Crippen LogP contribution in [0, 0.1) is 10.1 Å². The van der Waals surface area contributed by atoms with E-state index in [1.807, 2.05) is 0 Å². The molecule has 1 aromatic carbocycles. The lowest BCUT2D eigenvalue weighted by Gasteiger charge is -2.14. The molecule has 0 fully saturated rings. The first-order valence-electron chi connectivity index (χ1n) is 6.94. The van der Waals surface area contributed by atoms with Crippen LogP contribution in [0.25, 0.3) is 0 Å². The number of rotatable bonds is 9. The molecule has 1 atom stereocenters. The summed E-state index contributed by atoms with van der Waals surface area (Å²) in [6, 6.07) is 5.08. The van der Waals surface area contributed by atoms with Gasteiger partial charge >= 0.3 is 6.16 Å². The SMILES string of the molecule is C=CC(OCCCCC)OC(=O)Oc1ccc([N+](=O)[O-])cc1. The van der Waals surface area contributed by atoms with Gasteiger partial charge < -0.3 is 14.2 Å². The minimum atomic E-state index is -0.964. The van der Waals surface area contributed by atoms with Crippen molar-refractivity contribution in [1.82, 2.24) is 0 Å². The molecule has 0 radical (unpaired) electrons. The molecule has 1 aromatic rings. The van der Waals surface area contributed by atoms with Crippen LogP contribution in [0.5, 0.6) is 5.75 Å². The molecular weight excluding hydrogens is 290 g/mol. The van der Waals surface area contributed by atoms with Crippen molar-refractivity contribution in [2.45, 2.75) is 32.5 Å². The Balaban J connectivity index is 2.43. The third-order valence-electron chi connectivity index (χ3n) is 2.68. The van der Waals surface area contributed by atoms with E-state index in [1.54, 1.807) is 0 Å². The van der Waals surface area contributed by atoms with E-state index in [0.29, 0.717) is 6.61 Å². The van der Waals surface area contributed by atoms with Crippen molar-refractivity contribution < 1.29 is 23.9 Å². The number of nitro benzene ring substituents is 1. The number of hydrogen-bond donors (Lipinski definition) is 0. The number of non-ortho nitro benzene ring substituents is 1. The second-order valence-corrected chi connectivity index (χ2v) is 4.40. The Morgan fingerprint density at radius 3 is 2.59 bits per heavy atom. The number of ether oxygens (including phenoxy) is 3. The number of hydrogen-bond acceptors (Lipinski definition) is 6. The van der Waals surface area contributed by atoms with E-state index in [4.69, 9.17) is 14.2 Å². The Labute approximate surface area is 128 Å². The Morgan fingerprint density at radius 1 is 1.36 bits per heavy atom. The molecule has 0 heterocycles. The summed E-state index contributed by atoms with van der Waals surface area (Å²) in [4.78, 5) is 21.6. The van der Waals surface area contributed by atoms with Crippen LogP contribution in [0.3, 0.4) is 0 Å². The van der Waals surface area contributed by atoms with E-state index in [9.17, 15) is 14.9 Å². The molecule has 0 saturated heterocycles. The van der Waals surface area contributed by atoms with Gasteiger partial charge in [0.15, 0.2) is 0 Å². The third-order valence-corrected chi connectivity index (χ3v) is 2.68. The zero-order chi connectivity index (χ0) is 16.4. The Morgan fingerprint density at radius 2 is 2.05 bits per heavy atom. The molecule has 0 saturated carbocycles. The topological polar surface area (TPSA) is 87.9 Å². The molecule has 7 heteroatoms. The first-order valence-corrected chi connectivity index (χ1v) is 6.94. The first-order chi connectivity index (χ1) is 10.6. The van der Waals surface area contributed by atoms with Crippen LogP contribution in [-0.2, 0) is 9.47 Å². The van der Waals surface area contributed by atoms with Gasteiger partial charge in [0, 0.05) is 12.1 Å². The Bertz CT molecular complexity index is 499. The van der Waals surface area contributed by atoms with Gasteiger partial charge in [-0.25, -0.2) is 4.79 Å². The van der Waals surface area contributed by atoms with Gasteiger partial charge in [-0.1, -0.05) is 26.3 Å².